The van der Waals surface area contributed by atoms with E-state index in [1.54, 1.807) is 14.1 Å². The minimum Gasteiger partial charge on any atom is -0.358 e. The van der Waals surface area contributed by atoms with Crippen LogP contribution in [0.15, 0.2) is 9.59 Å². The van der Waals surface area contributed by atoms with Crippen molar-refractivity contribution in [1.82, 2.24) is 14.0 Å². The van der Waals surface area contributed by atoms with Crippen molar-refractivity contribution >= 4 is 5.82 Å². The highest BCUT2D eigenvalue weighted by Crippen LogP contribution is 2.26. The van der Waals surface area contributed by atoms with E-state index in [4.69, 9.17) is 0 Å². The average Bonchev–Trinajstić information content (AvgIpc) is 2.51. The van der Waals surface area contributed by atoms with E-state index in [1.165, 1.54) is 41.2 Å². The molecule has 110 valence electrons. The third kappa shape index (κ3) is 2.08. The van der Waals surface area contributed by atoms with E-state index in [1.807, 2.05) is 0 Å². The number of nitrogens with one attached hydrogen (secondary N) is 1. The normalized spacial score (nSPS) is 20.5. The van der Waals surface area contributed by atoms with Crippen LogP contribution in [0.1, 0.15) is 37.7 Å². The number of nitrogens with zero attached hydrogens (tertiary/aromatic N) is 3. The lowest BCUT2D eigenvalue weighted by Gasteiger charge is -2.38. The minimum atomic E-state index is -0.271. The second-order valence-corrected chi connectivity index (χ2v) is 5.91. The summed E-state index contributed by atoms with van der Waals surface area (Å²) in [7, 11) is 3.26. The van der Waals surface area contributed by atoms with Crippen molar-refractivity contribution in [3.05, 3.63) is 26.4 Å². The molecule has 6 nitrogen and oxygen atoms in total. The Kier molecular flexibility index (Phi) is 3.41. The van der Waals surface area contributed by atoms with Crippen LogP contribution in [0.2, 0.25) is 0 Å². The predicted molar refractivity (Wildman–Crippen MR) is 77.8 cm³/mol. The second-order valence-electron chi connectivity index (χ2n) is 5.91. The Labute approximate surface area is 118 Å². The van der Waals surface area contributed by atoms with Gasteiger partial charge in [-0.3, -0.25) is 18.8 Å². The summed E-state index contributed by atoms with van der Waals surface area (Å²) in [4.78, 5) is 26.6. The van der Waals surface area contributed by atoms with E-state index in [0.717, 1.165) is 6.67 Å². The Hall–Kier alpha value is -1.56. The molecule has 0 unspecified atom stereocenters. The molecule has 1 fully saturated rings. The molecule has 0 saturated heterocycles. The van der Waals surface area contributed by atoms with Crippen molar-refractivity contribution in [3.63, 3.8) is 0 Å². The maximum atomic E-state index is 12.3. The summed E-state index contributed by atoms with van der Waals surface area (Å²) in [5, 5.41) is 3.26. The largest absolute Gasteiger partial charge is 0.358 e. The van der Waals surface area contributed by atoms with Gasteiger partial charge >= 0.3 is 5.69 Å². The molecule has 0 radical (unpaired) electrons. The Morgan fingerprint density at radius 1 is 1.05 bits per heavy atom. The van der Waals surface area contributed by atoms with Crippen molar-refractivity contribution in [2.75, 3.05) is 12.0 Å². The fraction of sp³-hybridized carbons (Fsp3) is 0.714. The standard InChI is InChI=1S/C14H22N4O2/c1-16-12-11(13(19)17(2)14(16)20)8-18(9-15-12)10-6-4-3-5-7-10/h10,15H,3-9H2,1-2H3. The first-order chi connectivity index (χ1) is 9.59. The Bertz CT molecular complexity index is 625. The van der Waals surface area contributed by atoms with Gasteiger partial charge in [0.25, 0.3) is 5.56 Å². The number of aromatic nitrogens is 2. The maximum absolute atomic E-state index is 12.3. The van der Waals surface area contributed by atoms with Crippen molar-refractivity contribution in [2.45, 2.75) is 44.7 Å². The molecule has 1 N–H and O–H groups in total. The van der Waals surface area contributed by atoms with Gasteiger partial charge in [-0.15, -0.1) is 0 Å². The maximum Gasteiger partial charge on any atom is 0.332 e. The number of fused-ring (bicyclic) bond motifs is 1. The van der Waals surface area contributed by atoms with Crippen LogP contribution in [0.3, 0.4) is 0 Å². The highest BCUT2D eigenvalue weighted by atomic mass is 16.2. The zero-order chi connectivity index (χ0) is 14.3. The lowest BCUT2D eigenvalue weighted by atomic mass is 9.94. The smallest absolute Gasteiger partial charge is 0.332 e. The summed E-state index contributed by atoms with van der Waals surface area (Å²) in [5.41, 5.74) is 0.273. The summed E-state index contributed by atoms with van der Waals surface area (Å²) in [6.45, 7) is 1.37. The van der Waals surface area contributed by atoms with Gasteiger partial charge in [0.05, 0.1) is 12.2 Å². The summed E-state index contributed by atoms with van der Waals surface area (Å²) < 4.78 is 2.74. The lowest BCUT2D eigenvalue weighted by molar-refractivity contribution is 0.151. The van der Waals surface area contributed by atoms with Gasteiger partial charge < -0.3 is 5.32 Å². The summed E-state index contributed by atoms with van der Waals surface area (Å²) in [6, 6.07) is 0.561. The van der Waals surface area contributed by atoms with Gasteiger partial charge in [-0.1, -0.05) is 19.3 Å². The first-order valence-electron chi connectivity index (χ1n) is 7.36. The van der Waals surface area contributed by atoms with E-state index in [2.05, 4.69) is 10.2 Å². The number of hydrogen-bond acceptors (Lipinski definition) is 4. The number of rotatable bonds is 1. The van der Waals surface area contributed by atoms with Crippen molar-refractivity contribution in [1.29, 1.82) is 0 Å². The van der Waals surface area contributed by atoms with Gasteiger partial charge in [0.15, 0.2) is 0 Å². The van der Waals surface area contributed by atoms with Crippen molar-refractivity contribution in [2.24, 2.45) is 14.1 Å². The van der Waals surface area contributed by atoms with Crippen LogP contribution >= 0.6 is 0 Å². The van der Waals surface area contributed by atoms with Gasteiger partial charge in [-0.25, -0.2) is 4.79 Å². The second kappa shape index (κ2) is 5.09. The van der Waals surface area contributed by atoms with Gasteiger partial charge in [0.2, 0.25) is 0 Å². The molecule has 1 aliphatic heterocycles. The molecule has 2 aliphatic rings. The first kappa shape index (κ1) is 13.4. The SMILES string of the molecule is Cn1c2c(c(=O)n(C)c1=O)CN(C1CCCCC1)CN2. The van der Waals surface area contributed by atoms with E-state index in [0.29, 0.717) is 24.0 Å². The fourth-order valence-corrected chi connectivity index (χ4v) is 3.42. The molecule has 1 aromatic heterocycles. The predicted octanol–water partition coefficient (Wildman–Crippen LogP) is 0.602. The van der Waals surface area contributed by atoms with Crippen LogP contribution in [0.25, 0.3) is 0 Å². The topological polar surface area (TPSA) is 59.3 Å². The van der Waals surface area contributed by atoms with Crippen LogP contribution in [-0.2, 0) is 20.6 Å². The van der Waals surface area contributed by atoms with Gasteiger partial charge in [0, 0.05) is 26.7 Å². The quantitative estimate of drug-likeness (QED) is 0.817. The van der Waals surface area contributed by atoms with Gasteiger partial charge in [0.1, 0.15) is 5.82 Å². The molecule has 0 bridgehead atoms. The van der Waals surface area contributed by atoms with Gasteiger partial charge in [-0.2, -0.15) is 0 Å². The molecule has 3 rings (SSSR count). The van der Waals surface area contributed by atoms with E-state index in [9.17, 15) is 9.59 Å². The highest BCUT2D eigenvalue weighted by molar-refractivity contribution is 5.45. The average molecular weight is 278 g/mol. The van der Waals surface area contributed by atoms with E-state index in [-0.39, 0.29) is 11.2 Å². The van der Waals surface area contributed by atoms with Crippen LogP contribution < -0.4 is 16.6 Å². The van der Waals surface area contributed by atoms with Crippen molar-refractivity contribution in [3.8, 4) is 0 Å². The van der Waals surface area contributed by atoms with Crippen LogP contribution in [0, 0.1) is 0 Å². The number of anilines is 1. The lowest BCUT2D eigenvalue weighted by Crippen LogP contribution is -2.49. The molecule has 0 spiro atoms. The molecule has 2 heterocycles. The zero-order valence-electron chi connectivity index (χ0n) is 12.2. The molecule has 1 aromatic rings. The Morgan fingerprint density at radius 3 is 2.45 bits per heavy atom. The third-order valence-corrected chi connectivity index (χ3v) is 4.66. The van der Waals surface area contributed by atoms with Crippen molar-refractivity contribution < 1.29 is 0 Å². The Morgan fingerprint density at radius 2 is 1.75 bits per heavy atom. The van der Waals surface area contributed by atoms with Gasteiger partial charge in [-0.05, 0) is 12.8 Å². The van der Waals surface area contributed by atoms with Crippen LogP contribution in [0.4, 0.5) is 5.82 Å². The summed E-state index contributed by atoms with van der Waals surface area (Å²) in [5.74, 6) is 0.685. The molecule has 0 aromatic carbocycles. The summed E-state index contributed by atoms with van der Waals surface area (Å²) in [6.07, 6.45) is 6.30. The molecule has 1 saturated carbocycles. The molecule has 1 aliphatic carbocycles. The molecule has 0 amide bonds. The number of hydrogen-bond donors (Lipinski definition) is 1. The van der Waals surface area contributed by atoms with Crippen LogP contribution in [0.5, 0.6) is 0 Å². The third-order valence-electron chi connectivity index (χ3n) is 4.66. The molecule has 6 heteroatoms. The minimum absolute atomic E-state index is 0.170. The first-order valence-corrected chi connectivity index (χ1v) is 7.36. The van der Waals surface area contributed by atoms with E-state index >= 15 is 0 Å². The monoisotopic (exact) mass is 278 g/mol. The Balaban J connectivity index is 1.95. The van der Waals surface area contributed by atoms with E-state index < -0.39 is 0 Å². The molecule has 0 atom stereocenters. The highest BCUT2D eigenvalue weighted by Gasteiger charge is 2.28. The zero-order valence-corrected chi connectivity index (χ0v) is 12.2. The summed E-state index contributed by atoms with van der Waals surface area (Å²) >= 11 is 0. The molecular weight excluding hydrogens is 256 g/mol. The fourth-order valence-electron chi connectivity index (χ4n) is 3.42. The molecular formula is C14H22N4O2. The molecule has 20 heavy (non-hydrogen) atoms. The van der Waals surface area contributed by atoms with Crippen LogP contribution in [-0.4, -0.2) is 26.7 Å².